The number of hydrogen-bond donors (Lipinski definition) is 1. The number of carbonyl (C=O) groups excluding carboxylic acids is 1. The van der Waals surface area contributed by atoms with Gasteiger partial charge in [0.05, 0.1) is 13.7 Å². The lowest BCUT2D eigenvalue weighted by Crippen LogP contribution is -2.10. The Kier molecular flexibility index (Phi) is 4.52. The van der Waals surface area contributed by atoms with Gasteiger partial charge in [0.25, 0.3) is 0 Å². The molecule has 2 rings (SSSR count). The number of fused-ring (bicyclic) bond motifs is 1. The summed E-state index contributed by atoms with van der Waals surface area (Å²) in [6.45, 7) is 8.51. The summed E-state index contributed by atoms with van der Waals surface area (Å²) in [5.41, 5.74) is 1.42. The van der Waals surface area contributed by atoms with E-state index in [0.717, 1.165) is 21.5 Å². The summed E-state index contributed by atoms with van der Waals surface area (Å²) in [5.74, 6) is 0.451. The van der Waals surface area contributed by atoms with Crippen LogP contribution in [0, 0.1) is 0 Å². The number of rotatable bonds is 4. The number of aromatic nitrogens is 1. The normalized spacial score (nSPS) is 11.7. The summed E-state index contributed by atoms with van der Waals surface area (Å²) in [4.78, 5) is 16.3. The number of aromatic amines is 1. The predicted octanol–water partition coefficient (Wildman–Crippen LogP) is 4.24. The Morgan fingerprint density at radius 1 is 1.33 bits per heavy atom. The Hall–Kier alpha value is -1.62. The Bertz CT molecular complexity index is 655. The first kappa shape index (κ1) is 15.8. The van der Waals surface area contributed by atoms with Crippen molar-refractivity contribution in [3.8, 4) is 5.75 Å². The zero-order valence-corrected chi connectivity index (χ0v) is 13.9. The average Bonchev–Trinajstić information content (AvgIpc) is 2.75. The maximum atomic E-state index is 12.2. The second kappa shape index (κ2) is 6.02. The SMILES string of the molecule is CCOC(=O)c1[nH]c2ccc(OC)cc2c1SC(C)(C)C. The molecule has 0 aliphatic carbocycles. The first-order chi connectivity index (χ1) is 9.85. The van der Waals surface area contributed by atoms with Crippen molar-refractivity contribution in [2.24, 2.45) is 0 Å². The molecule has 0 saturated carbocycles. The molecule has 0 unspecified atom stereocenters. The van der Waals surface area contributed by atoms with Gasteiger partial charge in [-0.05, 0) is 25.1 Å². The van der Waals surface area contributed by atoms with Crippen molar-refractivity contribution in [2.45, 2.75) is 37.3 Å². The second-order valence-corrected chi connectivity index (χ2v) is 7.51. The fraction of sp³-hybridized carbons (Fsp3) is 0.438. The molecule has 2 aromatic rings. The third kappa shape index (κ3) is 3.53. The number of thioether (sulfide) groups is 1. The van der Waals surface area contributed by atoms with E-state index in [4.69, 9.17) is 9.47 Å². The summed E-state index contributed by atoms with van der Waals surface area (Å²) in [5, 5.41) is 0.984. The molecule has 0 fully saturated rings. The summed E-state index contributed by atoms with van der Waals surface area (Å²) < 4.78 is 10.4. The van der Waals surface area contributed by atoms with E-state index in [2.05, 4.69) is 25.8 Å². The number of carbonyl (C=O) groups is 1. The van der Waals surface area contributed by atoms with Gasteiger partial charge in [0.1, 0.15) is 11.4 Å². The van der Waals surface area contributed by atoms with Crippen molar-refractivity contribution in [3.63, 3.8) is 0 Å². The molecule has 1 aromatic heterocycles. The highest BCUT2D eigenvalue weighted by atomic mass is 32.2. The number of hydrogen-bond acceptors (Lipinski definition) is 4. The molecular weight excluding hydrogens is 286 g/mol. The van der Waals surface area contributed by atoms with Crippen LogP contribution in [0.3, 0.4) is 0 Å². The van der Waals surface area contributed by atoms with E-state index in [-0.39, 0.29) is 10.7 Å². The van der Waals surface area contributed by atoms with Crippen molar-refractivity contribution >= 4 is 28.6 Å². The first-order valence-electron chi connectivity index (χ1n) is 6.91. The lowest BCUT2D eigenvalue weighted by atomic mass is 10.2. The van der Waals surface area contributed by atoms with Gasteiger partial charge in [0, 0.05) is 20.5 Å². The van der Waals surface area contributed by atoms with E-state index in [0.29, 0.717) is 12.3 Å². The van der Waals surface area contributed by atoms with Crippen LogP contribution < -0.4 is 4.74 Å². The smallest absolute Gasteiger partial charge is 0.355 e. The van der Waals surface area contributed by atoms with Gasteiger partial charge >= 0.3 is 5.97 Å². The molecule has 0 bridgehead atoms. The molecule has 0 spiro atoms. The van der Waals surface area contributed by atoms with Crippen LogP contribution in [0.15, 0.2) is 23.1 Å². The van der Waals surface area contributed by atoms with Gasteiger partial charge in [-0.15, -0.1) is 11.8 Å². The van der Waals surface area contributed by atoms with E-state index in [1.54, 1.807) is 25.8 Å². The Morgan fingerprint density at radius 3 is 2.62 bits per heavy atom. The maximum absolute atomic E-state index is 12.2. The van der Waals surface area contributed by atoms with Crippen LogP contribution in [0.25, 0.3) is 10.9 Å². The molecule has 0 aliphatic heterocycles. The number of H-pyrrole nitrogens is 1. The number of benzene rings is 1. The highest BCUT2D eigenvalue weighted by Gasteiger charge is 2.24. The standard InChI is InChI=1S/C16H21NO3S/c1-6-20-15(18)13-14(21-16(2,3)4)11-9-10(19-5)7-8-12(11)17-13/h7-9,17H,6H2,1-5H3. The molecule has 1 heterocycles. The molecule has 21 heavy (non-hydrogen) atoms. The molecule has 0 aliphatic rings. The number of esters is 1. The molecule has 0 radical (unpaired) electrons. The van der Waals surface area contributed by atoms with E-state index < -0.39 is 0 Å². The molecular formula is C16H21NO3S. The van der Waals surface area contributed by atoms with Crippen LogP contribution in [0.1, 0.15) is 38.2 Å². The monoisotopic (exact) mass is 307 g/mol. The summed E-state index contributed by atoms with van der Waals surface area (Å²) in [7, 11) is 1.64. The predicted molar refractivity (Wildman–Crippen MR) is 86.4 cm³/mol. The molecule has 0 saturated heterocycles. The van der Waals surface area contributed by atoms with Crippen LogP contribution in [0.5, 0.6) is 5.75 Å². The maximum Gasteiger partial charge on any atom is 0.355 e. The van der Waals surface area contributed by atoms with Crippen molar-refractivity contribution < 1.29 is 14.3 Å². The molecule has 1 N–H and O–H groups in total. The summed E-state index contributed by atoms with van der Waals surface area (Å²) in [6, 6.07) is 5.74. The molecule has 1 aromatic carbocycles. The van der Waals surface area contributed by atoms with Gasteiger partial charge in [-0.25, -0.2) is 4.79 Å². The Balaban J connectivity index is 2.60. The van der Waals surface area contributed by atoms with E-state index in [1.165, 1.54) is 0 Å². The van der Waals surface area contributed by atoms with Crippen LogP contribution >= 0.6 is 11.8 Å². The summed E-state index contributed by atoms with van der Waals surface area (Å²) in [6.07, 6.45) is 0. The molecule has 0 amide bonds. The van der Waals surface area contributed by atoms with Gasteiger partial charge in [-0.1, -0.05) is 20.8 Å². The number of ether oxygens (including phenoxy) is 2. The second-order valence-electron chi connectivity index (χ2n) is 5.68. The lowest BCUT2D eigenvalue weighted by molar-refractivity contribution is 0.0516. The van der Waals surface area contributed by atoms with Gasteiger partial charge in [-0.3, -0.25) is 0 Å². The summed E-state index contributed by atoms with van der Waals surface area (Å²) >= 11 is 1.65. The average molecular weight is 307 g/mol. The minimum atomic E-state index is -0.320. The largest absolute Gasteiger partial charge is 0.497 e. The third-order valence-electron chi connectivity index (χ3n) is 2.85. The van der Waals surface area contributed by atoms with Gasteiger partial charge in [0.15, 0.2) is 0 Å². The lowest BCUT2D eigenvalue weighted by Gasteiger charge is -2.18. The fourth-order valence-electron chi connectivity index (χ4n) is 2.03. The minimum Gasteiger partial charge on any atom is -0.497 e. The van der Waals surface area contributed by atoms with Crippen LogP contribution in [0.2, 0.25) is 0 Å². The highest BCUT2D eigenvalue weighted by molar-refractivity contribution is 8.00. The van der Waals surface area contributed by atoms with Crippen LogP contribution in [0.4, 0.5) is 0 Å². The first-order valence-corrected chi connectivity index (χ1v) is 7.73. The zero-order valence-electron chi connectivity index (χ0n) is 13.1. The topological polar surface area (TPSA) is 51.3 Å². The van der Waals surface area contributed by atoms with Crippen LogP contribution in [-0.4, -0.2) is 29.4 Å². The van der Waals surface area contributed by atoms with Gasteiger partial charge in [-0.2, -0.15) is 0 Å². The van der Waals surface area contributed by atoms with Crippen molar-refractivity contribution in [1.29, 1.82) is 0 Å². The van der Waals surface area contributed by atoms with Gasteiger partial charge < -0.3 is 14.5 Å². The Labute approximate surface area is 129 Å². The number of nitrogens with one attached hydrogen (secondary N) is 1. The zero-order chi connectivity index (χ0) is 15.6. The van der Waals surface area contributed by atoms with E-state index in [1.807, 2.05) is 18.2 Å². The molecule has 5 heteroatoms. The molecule has 0 atom stereocenters. The van der Waals surface area contributed by atoms with Crippen LogP contribution in [-0.2, 0) is 4.74 Å². The van der Waals surface area contributed by atoms with Crippen molar-refractivity contribution in [2.75, 3.05) is 13.7 Å². The van der Waals surface area contributed by atoms with Crippen molar-refractivity contribution in [1.82, 2.24) is 4.98 Å². The van der Waals surface area contributed by atoms with Crippen molar-refractivity contribution in [3.05, 3.63) is 23.9 Å². The molecule has 114 valence electrons. The minimum absolute atomic E-state index is 0.0144. The Morgan fingerprint density at radius 2 is 2.05 bits per heavy atom. The quantitative estimate of drug-likeness (QED) is 0.678. The third-order valence-corrected chi connectivity index (χ3v) is 4.09. The van der Waals surface area contributed by atoms with Gasteiger partial charge in [0.2, 0.25) is 0 Å². The van der Waals surface area contributed by atoms with E-state index in [9.17, 15) is 4.79 Å². The highest BCUT2D eigenvalue weighted by Crippen LogP contribution is 2.40. The van der Waals surface area contributed by atoms with E-state index >= 15 is 0 Å². The fourth-order valence-corrected chi connectivity index (χ4v) is 3.16. The molecule has 4 nitrogen and oxygen atoms in total. The number of methoxy groups -OCH3 is 1.